The molecular formula is C18H18Br2N2O3. The first-order chi connectivity index (χ1) is 12.0. The van der Waals surface area contributed by atoms with Crippen molar-refractivity contribution >= 4 is 55.4 Å². The number of anilines is 1. The number of carbonyl (C=O) groups is 1. The maximum Gasteiger partial charge on any atom is 0.224 e. The van der Waals surface area contributed by atoms with Gasteiger partial charge in [0.15, 0.2) is 11.5 Å². The van der Waals surface area contributed by atoms with E-state index in [1.54, 1.807) is 43.5 Å². The van der Waals surface area contributed by atoms with Gasteiger partial charge in [0.25, 0.3) is 0 Å². The van der Waals surface area contributed by atoms with E-state index in [4.69, 9.17) is 4.74 Å². The SMILES string of the molecule is CCOc1cc(Br)c(Br)c(C=Nc2ccc(NC(=O)CC)cc2)c1O. The van der Waals surface area contributed by atoms with Crippen LogP contribution >= 0.6 is 31.9 Å². The highest BCUT2D eigenvalue weighted by Gasteiger charge is 2.14. The van der Waals surface area contributed by atoms with Crippen molar-refractivity contribution in [2.24, 2.45) is 4.99 Å². The molecule has 25 heavy (non-hydrogen) atoms. The molecule has 0 aliphatic rings. The van der Waals surface area contributed by atoms with E-state index in [0.717, 1.165) is 10.2 Å². The van der Waals surface area contributed by atoms with E-state index in [-0.39, 0.29) is 11.7 Å². The predicted molar refractivity (Wildman–Crippen MR) is 107 cm³/mol. The zero-order valence-electron chi connectivity index (χ0n) is 13.8. The predicted octanol–water partition coefficient (Wildman–Crippen LogP) is 5.42. The van der Waals surface area contributed by atoms with Gasteiger partial charge in [0, 0.05) is 27.3 Å². The maximum absolute atomic E-state index is 11.4. The lowest BCUT2D eigenvalue weighted by Gasteiger charge is -2.11. The molecule has 0 radical (unpaired) electrons. The Morgan fingerprint density at radius 2 is 1.96 bits per heavy atom. The van der Waals surface area contributed by atoms with E-state index in [9.17, 15) is 9.90 Å². The third kappa shape index (κ3) is 5.06. The number of aliphatic imine (C=N–C) groups is 1. The topological polar surface area (TPSA) is 70.9 Å². The third-order valence-electron chi connectivity index (χ3n) is 3.31. The number of aromatic hydroxyl groups is 1. The van der Waals surface area contributed by atoms with Crippen molar-refractivity contribution in [1.29, 1.82) is 0 Å². The Labute approximate surface area is 163 Å². The molecule has 0 aromatic heterocycles. The number of amides is 1. The molecule has 2 N–H and O–H groups in total. The minimum absolute atomic E-state index is 0.0208. The molecule has 0 heterocycles. The molecule has 0 saturated carbocycles. The number of hydrogen-bond acceptors (Lipinski definition) is 4. The molecule has 2 rings (SSSR count). The standard InChI is InChI=1S/C18H18Br2N2O3/c1-3-16(23)22-12-7-5-11(6-8-12)21-10-13-17(20)14(19)9-15(18(13)24)25-4-2/h5-10,24H,3-4H2,1-2H3,(H,22,23). The molecule has 1 amide bonds. The summed E-state index contributed by atoms with van der Waals surface area (Å²) in [6, 6.07) is 8.83. The smallest absolute Gasteiger partial charge is 0.224 e. The van der Waals surface area contributed by atoms with Gasteiger partial charge in [-0.2, -0.15) is 0 Å². The first-order valence-electron chi connectivity index (χ1n) is 7.74. The summed E-state index contributed by atoms with van der Waals surface area (Å²) in [5, 5.41) is 13.1. The summed E-state index contributed by atoms with van der Waals surface area (Å²) >= 11 is 6.86. The second-order valence-electron chi connectivity index (χ2n) is 5.07. The molecule has 0 atom stereocenters. The molecule has 0 saturated heterocycles. The van der Waals surface area contributed by atoms with Crippen molar-refractivity contribution in [3.8, 4) is 11.5 Å². The van der Waals surface area contributed by atoms with Gasteiger partial charge in [-0.05, 0) is 69.1 Å². The van der Waals surface area contributed by atoms with Crippen LogP contribution in [0.2, 0.25) is 0 Å². The summed E-state index contributed by atoms with van der Waals surface area (Å²) in [5.41, 5.74) is 1.93. The van der Waals surface area contributed by atoms with Gasteiger partial charge in [0.05, 0.1) is 17.9 Å². The van der Waals surface area contributed by atoms with Crippen LogP contribution in [-0.4, -0.2) is 23.8 Å². The van der Waals surface area contributed by atoms with E-state index >= 15 is 0 Å². The molecule has 0 bridgehead atoms. The zero-order chi connectivity index (χ0) is 18.4. The Morgan fingerprint density at radius 3 is 2.56 bits per heavy atom. The summed E-state index contributed by atoms with van der Waals surface area (Å²) in [6.45, 7) is 4.10. The Hall–Kier alpha value is -1.86. The fraction of sp³-hybridized carbons (Fsp3) is 0.222. The molecule has 2 aromatic carbocycles. The number of rotatable bonds is 6. The second kappa shape index (κ2) is 9.01. The molecule has 0 spiro atoms. The summed E-state index contributed by atoms with van der Waals surface area (Å²) < 4.78 is 6.87. The maximum atomic E-state index is 11.4. The molecule has 2 aromatic rings. The van der Waals surface area contributed by atoms with E-state index in [1.165, 1.54) is 0 Å². The highest BCUT2D eigenvalue weighted by atomic mass is 79.9. The van der Waals surface area contributed by atoms with Gasteiger partial charge < -0.3 is 15.2 Å². The second-order valence-corrected chi connectivity index (χ2v) is 6.72. The largest absolute Gasteiger partial charge is 0.504 e. The summed E-state index contributed by atoms with van der Waals surface area (Å²) in [4.78, 5) is 15.8. The van der Waals surface area contributed by atoms with Crippen LogP contribution in [0.15, 0.2) is 44.3 Å². The normalized spacial score (nSPS) is 10.9. The Kier molecular flexibility index (Phi) is 7.01. The average Bonchev–Trinajstić information content (AvgIpc) is 2.61. The highest BCUT2D eigenvalue weighted by molar-refractivity contribution is 9.13. The van der Waals surface area contributed by atoms with E-state index in [2.05, 4.69) is 42.2 Å². The number of nitrogens with one attached hydrogen (secondary N) is 1. The zero-order valence-corrected chi connectivity index (χ0v) is 17.0. The minimum Gasteiger partial charge on any atom is -0.504 e. The van der Waals surface area contributed by atoms with Gasteiger partial charge in [-0.3, -0.25) is 9.79 Å². The fourth-order valence-electron chi connectivity index (χ4n) is 2.01. The first-order valence-corrected chi connectivity index (χ1v) is 9.32. The van der Waals surface area contributed by atoms with Crippen LogP contribution in [0.1, 0.15) is 25.8 Å². The van der Waals surface area contributed by atoms with E-state index < -0.39 is 0 Å². The van der Waals surface area contributed by atoms with Crippen LogP contribution in [0.5, 0.6) is 11.5 Å². The van der Waals surface area contributed by atoms with E-state index in [0.29, 0.717) is 34.5 Å². The molecule has 0 aliphatic carbocycles. The van der Waals surface area contributed by atoms with Gasteiger partial charge in [-0.1, -0.05) is 6.92 Å². The van der Waals surface area contributed by atoms with Crippen molar-refractivity contribution in [1.82, 2.24) is 0 Å². The van der Waals surface area contributed by atoms with Gasteiger partial charge in [0.2, 0.25) is 5.91 Å². The van der Waals surface area contributed by atoms with Crippen molar-refractivity contribution in [2.45, 2.75) is 20.3 Å². The number of hydrogen-bond donors (Lipinski definition) is 2. The Bertz CT molecular complexity index is 790. The minimum atomic E-state index is -0.0392. The van der Waals surface area contributed by atoms with Crippen molar-refractivity contribution in [3.63, 3.8) is 0 Å². The van der Waals surface area contributed by atoms with Gasteiger partial charge in [-0.25, -0.2) is 0 Å². The molecule has 5 nitrogen and oxygen atoms in total. The van der Waals surface area contributed by atoms with Gasteiger partial charge >= 0.3 is 0 Å². The van der Waals surface area contributed by atoms with E-state index in [1.807, 2.05) is 6.92 Å². The molecular weight excluding hydrogens is 452 g/mol. The molecule has 0 fully saturated rings. The molecule has 7 heteroatoms. The average molecular weight is 470 g/mol. The van der Waals surface area contributed by atoms with Crippen molar-refractivity contribution in [3.05, 3.63) is 44.8 Å². The first kappa shape index (κ1) is 19.5. The number of carbonyl (C=O) groups excluding carboxylic acids is 1. The van der Waals surface area contributed by atoms with Crippen molar-refractivity contribution < 1.29 is 14.6 Å². The number of halogens is 2. The van der Waals surface area contributed by atoms with Gasteiger partial charge in [0.1, 0.15) is 0 Å². The Morgan fingerprint density at radius 1 is 1.28 bits per heavy atom. The monoisotopic (exact) mass is 468 g/mol. The fourth-order valence-corrected chi connectivity index (χ4v) is 2.84. The Balaban J connectivity index is 2.25. The summed E-state index contributed by atoms with van der Waals surface area (Å²) in [7, 11) is 0. The van der Waals surface area contributed by atoms with Crippen LogP contribution in [0.25, 0.3) is 0 Å². The van der Waals surface area contributed by atoms with Crippen LogP contribution in [0.4, 0.5) is 11.4 Å². The molecule has 132 valence electrons. The molecule has 0 aliphatic heterocycles. The third-order valence-corrected chi connectivity index (χ3v) is 5.32. The van der Waals surface area contributed by atoms with Crippen LogP contribution in [-0.2, 0) is 4.79 Å². The number of nitrogens with zero attached hydrogens (tertiary/aromatic N) is 1. The number of phenolic OH excluding ortho intramolecular Hbond substituents is 1. The van der Waals surface area contributed by atoms with Gasteiger partial charge in [-0.15, -0.1) is 0 Å². The number of benzene rings is 2. The van der Waals surface area contributed by atoms with Crippen LogP contribution in [0, 0.1) is 0 Å². The molecule has 0 unspecified atom stereocenters. The number of phenols is 1. The lowest BCUT2D eigenvalue weighted by Crippen LogP contribution is -2.08. The highest BCUT2D eigenvalue weighted by Crippen LogP contribution is 2.39. The lowest BCUT2D eigenvalue weighted by atomic mass is 10.2. The van der Waals surface area contributed by atoms with Crippen LogP contribution < -0.4 is 10.1 Å². The van der Waals surface area contributed by atoms with Crippen molar-refractivity contribution in [2.75, 3.05) is 11.9 Å². The number of ether oxygens (including phenoxy) is 1. The summed E-state index contributed by atoms with van der Waals surface area (Å²) in [6.07, 6.45) is 1.99. The summed E-state index contributed by atoms with van der Waals surface area (Å²) in [5.74, 6) is 0.367. The quantitative estimate of drug-likeness (QED) is 0.555. The van der Waals surface area contributed by atoms with Crippen LogP contribution in [0.3, 0.4) is 0 Å². The lowest BCUT2D eigenvalue weighted by molar-refractivity contribution is -0.115.